The van der Waals surface area contributed by atoms with Gasteiger partial charge in [0.1, 0.15) is 18.2 Å². The van der Waals surface area contributed by atoms with Crippen LogP contribution >= 0.6 is 11.6 Å². The predicted octanol–water partition coefficient (Wildman–Crippen LogP) is 7.86. The quantitative estimate of drug-likeness (QED) is 0.334. The Morgan fingerprint density at radius 1 is 1.07 bits per heavy atom. The average Bonchev–Trinajstić information content (AvgIpc) is 2.93. The molecule has 0 saturated carbocycles. The van der Waals surface area contributed by atoms with Gasteiger partial charge in [0, 0.05) is 28.4 Å². The zero-order valence-electron chi connectivity index (χ0n) is 22.5. The molecule has 0 spiro atoms. The van der Waals surface area contributed by atoms with Gasteiger partial charge in [-0.1, -0.05) is 29.8 Å². The largest absolute Gasteiger partial charge is 0.489 e. The maximum atomic E-state index is 13.6. The monoisotopic (exact) mass is 577 g/mol. The number of anilines is 1. The van der Waals surface area contributed by atoms with Crippen molar-refractivity contribution in [3.05, 3.63) is 116 Å². The summed E-state index contributed by atoms with van der Waals surface area (Å²) in [7, 11) is 0. The lowest BCUT2D eigenvalue weighted by Gasteiger charge is -2.40. The molecule has 0 aromatic heterocycles. The molecule has 2 N–H and O–H groups in total. The van der Waals surface area contributed by atoms with Crippen LogP contribution in [0.15, 0.2) is 83.3 Å². The van der Waals surface area contributed by atoms with Crippen LogP contribution in [0.1, 0.15) is 53.0 Å². The predicted molar refractivity (Wildman–Crippen MR) is 151 cm³/mol. The van der Waals surface area contributed by atoms with Crippen LogP contribution in [0.2, 0.25) is 5.02 Å². The van der Waals surface area contributed by atoms with E-state index in [4.69, 9.17) is 22.1 Å². The van der Waals surface area contributed by atoms with E-state index in [-0.39, 0.29) is 35.9 Å². The van der Waals surface area contributed by atoms with Crippen LogP contribution in [-0.4, -0.2) is 5.78 Å². The Morgan fingerprint density at radius 2 is 1.80 bits per heavy atom. The number of ether oxygens (including phenoxy) is 1. The molecule has 5 rings (SSSR count). The van der Waals surface area contributed by atoms with E-state index in [0.717, 1.165) is 34.4 Å². The van der Waals surface area contributed by atoms with Crippen LogP contribution < -0.4 is 15.4 Å². The third-order valence-electron chi connectivity index (χ3n) is 7.59. The van der Waals surface area contributed by atoms with Gasteiger partial charge in [0.25, 0.3) is 0 Å². The van der Waals surface area contributed by atoms with Gasteiger partial charge in [0.05, 0.1) is 23.1 Å². The summed E-state index contributed by atoms with van der Waals surface area (Å²) in [4.78, 5) is 15.0. The molecule has 0 saturated heterocycles. The molecule has 5 nitrogen and oxygen atoms in total. The van der Waals surface area contributed by atoms with Crippen molar-refractivity contribution >= 4 is 23.1 Å². The molecule has 2 aliphatic rings. The van der Waals surface area contributed by atoms with Crippen LogP contribution in [0.5, 0.6) is 5.75 Å². The smallest absolute Gasteiger partial charge is 0.416 e. The normalized spacial score (nSPS) is 17.4. The molecule has 3 aromatic rings. The van der Waals surface area contributed by atoms with E-state index in [1.54, 1.807) is 24.3 Å². The summed E-state index contributed by atoms with van der Waals surface area (Å²) in [5.74, 6) is -0.240. The Morgan fingerprint density at radius 3 is 2.49 bits per heavy atom. The molecular formula is C32H27ClF3N3O2. The number of nitrogens with two attached hydrogens (primary N) is 1. The molecule has 0 amide bonds. The summed E-state index contributed by atoms with van der Waals surface area (Å²) in [6, 6.07) is 17.9. The number of hydrogen-bond donors (Lipinski definition) is 1. The minimum Gasteiger partial charge on any atom is -0.489 e. The van der Waals surface area contributed by atoms with Crippen LogP contribution in [0.4, 0.5) is 18.9 Å². The molecule has 3 aromatic carbocycles. The minimum absolute atomic E-state index is 0.0178. The van der Waals surface area contributed by atoms with E-state index in [0.29, 0.717) is 34.9 Å². The van der Waals surface area contributed by atoms with E-state index in [1.807, 2.05) is 26.0 Å². The second kappa shape index (κ2) is 11.0. The first-order valence-corrected chi connectivity index (χ1v) is 13.5. The third-order valence-corrected chi connectivity index (χ3v) is 7.84. The van der Waals surface area contributed by atoms with Gasteiger partial charge in [0.2, 0.25) is 0 Å². The van der Waals surface area contributed by atoms with Crippen LogP contribution in [0.25, 0.3) is 0 Å². The standard InChI is InChI=1S/C32H27ClF3N3O2/c1-18-13-19(2)25(14-20(18)17-41-24-11-9-22(33)10-12-24)29-26(16-37)31(38)39(27-7-4-8-28(40)30(27)29)23-6-3-5-21(15-23)32(34,35)36/h3,5-6,9-15,29H,4,7-8,17,38H2,1-2H3. The number of carbonyl (C=O) groups is 1. The fraction of sp³-hybridized carbons (Fsp3) is 0.250. The first-order valence-electron chi connectivity index (χ1n) is 13.1. The summed E-state index contributed by atoms with van der Waals surface area (Å²) < 4.78 is 46.7. The van der Waals surface area contributed by atoms with Crippen molar-refractivity contribution < 1.29 is 22.7 Å². The van der Waals surface area contributed by atoms with Crippen LogP contribution in [-0.2, 0) is 17.6 Å². The molecule has 0 fully saturated rings. The summed E-state index contributed by atoms with van der Waals surface area (Å²) in [6.45, 7) is 4.11. The number of allylic oxidation sites excluding steroid dienone is 3. The number of aryl methyl sites for hydroxylation is 2. The number of Topliss-reactive ketones (excluding diaryl/α,β-unsaturated/α-hetero) is 1. The molecule has 1 aliphatic heterocycles. The molecular weight excluding hydrogens is 551 g/mol. The minimum atomic E-state index is -4.56. The highest BCUT2D eigenvalue weighted by molar-refractivity contribution is 6.30. The fourth-order valence-corrected chi connectivity index (χ4v) is 5.71. The van der Waals surface area contributed by atoms with Crippen molar-refractivity contribution in [2.75, 3.05) is 4.90 Å². The molecule has 9 heteroatoms. The molecule has 210 valence electrons. The lowest BCUT2D eigenvalue weighted by atomic mass is 9.74. The zero-order chi connectivity index (χ0) is 29.5. The van der Waals surface area contributed by atoms with E-state index in [9.17, 15) is 23.2 Å². The summed E-state index contributed by atoms with van der Waals surface area (Å²) in [5.41, 5.74) is 10.4. The number of nitrogens with zero attached hydrogens (tertiary/aromatic N) is 2. The average molecular weight is 578 g/mol. The highest BCUT2D eigenvalue weighted by atomic mass is 35.5. The second-order valence-corrected chi connectivity index (χ2v) is 10.7. The van der Waals surface area contributed by atoms with Gasteiger partial charge < -0.3 is 10.5 Å². The Balaban J connectivity index is 1.63. The highest BCUT2D eigenvalue weighted by Gasteiger charge is 2.41. The first kappa shape index (κ1) is 28.3. The number of hydrogen-bond acceptors (Lipinski definition) is 5. The second-order valence-electron chi connectivity index (χ2n) is 10.2. The Labute approximate surface area is 241 Å². The third kappa shape index (κ3) is 5.42. The number of ketones is 1. The van der Waals surface area contributed by atoms with E-state index >= 15 is 0 Å². The molecule has 1 aliphatic carbocycles. The van der Waals surface area contributed by atoms with Gasteiger partial charge in [-0.05, 0) is 91.4 Å². The maximum Gasteiger partial charge on any atom is 0.416 e. The molecule has 1 atom stereocenters. The Bertz CT molecular complexity index is 1640. The van der Waals surface area contributed by atoms with Crippen molar-refractivity contribution in [2.24, 2.45) is 5.73 Å². The number of carbonyl (C=O) groups excluding carboxylic acids is 1. The molecule has 1 heterocycles. The summed E-state index contributed by atoms with van der Waals surface area (Å²) in [5, 5.41) is 10.9. The van der Waals surface area contributed by atoms with Crippen molar-refractivity contribution in [1.82, 2.24) is 0 Å². The topological polar surface area (TPSA) is 79.4 Å². The SMILES string of the molecule is Cc1cc(C)c(C2C(C#N)=C(N)N(c3cccc(C(F)(F)F)c3)C3=C2C(=O)CCC3)cc1COc1ccc(Cl)cc1. The number of rotatable bonds is 5. The number of nitriles is 1. The summed E-state index contributed by atoms with van der Waals surface area (Å²) in [6.07, 6.45) is -3.32. The molecule has 0 bridgehead atoms. The van der Waals surface area contributed by atoms with Crippen LogP contribution in [0, 0.1) is 25.2 Å². The first-order chi connectivity index (χ1) is 19.5. The Kier molecular flexibility index (Phi) is 7.58. The van der Waals surface area contributed by atoms with Gasteiger partial charge in [-0.15, -0.1) is 0 Å². The van der Waals surface area contributed by atoms with E-state index in [2.05, 4.69) is 6.07 Å². The van der Waals surface area contributed by atoms with Gasteiger partial charge in [-0.25, -0.2) is 0 Å². The van der Waals surface area contributed by atoms with Crippen LogP contribution in [0.3, 0.4) is 0 Å². The van der Waals surface area contributed by atoms with E-state index < -0.39 is 17.7 Å². The lowest BCUT2D eigenvalue weighted by molar-refractivity contribution is -0.137. The van der Waals surface area contributed by atoms with Gasteiger partial charge in [-0.2, -0.15) is 18.4 Å². The summed E-state index contributed by atoms with van der Waals surface area (Å²) >= 11 is 5.98. The van der Waals surface area contributed by atoms with Gasteiger partial charge in [-0.3, -0.25) is 9.69 Å². The lowest BCUT2D eigenvalue weighted by Crippen LogP contribution is -2.39. The maximum absolute atomic E-state index is 13.6. The van der Waals surface area contributed by atoms with Crippen molar-refractivity contribution in [3.8, 4) is 11.8 Å². The molecule has 0 radical (unpaired) electrons. The fourth-order valence-electron chi connectivity index (χ4n) is 5.59. The number of alkyl halides is 3. The molecule has 41 heavy (non-hydrogen) atoms. The van der Waals surface area contributed by atoms with Crippen molar-refractivity contribution in [1.29, 1.82) is 5.26 Å². The van der Waals surface area contributed by atoms with Crippen molar-refractivity contribution in [2.45, 2.75) is 51.8 Å². The Hall–Kier alpha value is -4.22. The zero-order valence-corrected chi connectivity index (χ0v) is 23.2. The van der Waals surface area contributed by atoms with E-state index in [1.165, 1.54) is 17.0 Å². The number of benzene rings is 3. The van der Waals surface area contributed by atoms with Gasteiger partial charge >= 0.3 is 6.18 Å². The van der Waals surface area contributed by atoms with Gasteiger partial charge in [0.15, 0.2) is 5.78 Å². The molecule has 1 unspecified atom stereocenters. The highest BCUT2D eigenvalue weighted by Crippen LogP contribution is 2.47. The number of halogens is 4. The van der Waals surface area contributed by atoms with Crippen molar-refractivity contribution in [3.63, 3.8) is 0 Å².